The molecule has 0 bridgehead atoms. The summed E-state index contributed by atoms with van der Waals surface area (Å²) in [7, 11) is 1.41. The Balaban J connectivity index is 1.50. The van der Waals surface area contributed by atoms with Crippen molar-refractivity contribution >= 4 is 34.8 Å². The van der Waals surface area contributed by atoms with E-state index in [2.05, 4.69) is 5.32 Å². The summed E-state index contributed by atoms with van der Waals surface area (Å²) in [6.07, 6.45) is 0.170. The highest BCUT2D eigenvalue weighted by Gasteiger charge is 2.24. The Hall–Kier alpha value is -3.24. The Morgan fingerprint density at radius 1 is 1.19 bits per heavy atom. The molecule has 0 saturated carbocycles. The number of nitrogens with zero attached hydrogens (tertiary/aromatic N) is 3. The molecule has 2 amide bonds. The standard InChI is InChI=1S/C21H22ClFN4O5/c1-32-19-5-3-15(27(30)31)13-18(19)24-20(28)6-7-25-8-10-26(11-9-25)21(29)16-4-2-14(23)12-17(16)22/h2-5,12-13H,6-11H2,1H3,(H,24,28). The predicted molar refractivity (Wildman–Crippen MR) is 117 cm³/mol. The van der Waals surface area contributed by atoms with Crippen LogP contribution in [0.1, 0.15) is 16.8 Å². The van der Waals surface area contributed by atoms with E-state index in [1.54, 1.807) is 4.90 Å². The third-order valence-corrected chi connectivity index (χ3v) is 5.46. The molecule has 0 spiro atoms. The van der Waals surface area contributed by atoms with Crippen LogP contribution in [-0.4, -0.2) is 66.4 Å². The molecule has 1 N–H and O–H groups in total. The van der Waals surface area contributed by atoms with Crippen LogP contribution < -0.4 is 10.1 Å². The van der Waals surface area contributed by atoms with Crippen molar-refractivity contribution in [3.63, 3.8) is 0 Å². The molecular weight excluding hydrogens is 443 g/mol. The predicted octanol–water partition coefficient (Wildman–Crippen LogP) is 3.18. The zero-order chi connectivity index (χ0) is 23.3. The van der Waals surface area contributed by atoms with Crippen LogP contribution in [0.25, 0.3) is 0 Å². The maximum absolute atomic E-state index is 13.2. The molecule has 1 aliphatic heterocycles. The maximum Gasteiger partial charge on any atom is 0.271 e. The van der Waals surface area contributed by atoms with Gasteiger partial charge in [-0.2, -0.15) is 0 Å². The zero-order valence-electron chi connectivity index (χ0n) is 17.3. The van der Waals surface area contributed by atoms with Crippen LogP contribution in [0, 0.1) is 15.9 Å². The highest BCUT2D eigenvalue weighted by Crippen LogP contribution is 2.29. The lowest BCUT2D eigenvalue weighted by atomic mass is 10.1. The van der Waals surface area contributed by atoms with Gasteiger partial charge in [0.15, 0.2) is 0 Å². The van der Waals surface area contributed by atoms with Gasteiger partial charge >= 0.3 is 0 Å². The van der Waals surface area contributed by atoms with Gasteiger partial charge in [-0.3, -0.25) is 24.6 Å². The van der Waals surface area contributed by atoms with Gasteiger partial charge in [0.2, 0.25) is 5.91 Å². The third-order valence-electron chi connectivity index (χ3n) is 5.14. The van der Waals surface area contributed by atoms with Crippen molar-refractivity contribution in [3.05, 3.63) is 62.9 Å². The number of hydrogen-bond acceptors (Lipinski definition) is 6. The van der Waals surface area contributed by atoms with E-state index in [0.29, 0.717) is 38.5 Å². The number of methoxy groups -OCH3 is 1. The van der Waals surface area contributed by atoms with Crippen molar-refractivity contribution < 1.29 is 23.6 Å². The van der Waals surface area contributed by atoms with E-state index in [9.17, 15) is 24.1 Å². The van der Waals surface area contributed by atoms with Crippen LogP contribution in [0.4, 0.5) is 15.8 Å². The van der Waals surface area contributed by atoms with Crippen molar-refractivity contribution in [2.24, 2.45) is 0 Å². The summed E-state index contributed by atoms with van der Waals surface area (Å²) < 4.78 is 18.3. The van der Waals surface area contributed by atoms with Gasteiger partial charge in [0, 0.05) is 51.3 Å². The van der Waals surface area contributed by atoms with Gasteiger partial charge in [-0.15, -0.1) is 0 Å². The fourth-order valence-electron chi connectivity index (χ4n) is 3.39. The average molecular weight is 465 g/mol. The van der Waals surface area contributed by atoms with Crippen LogP contribution in [0.3, 0.4) is 0 Å². The number of rotatable bonds is 7. The maximum atomic E-state index is 13.2. The van der Waals surface area contributed by atoms with Crippen molar-refractivity contribution in [1.29, 1.82) is 0 Å². The monoisotopic (exact) mass is 464 g/mol. The molecular formula is C21H22ClFN4O5. The molecule has 32 heavy (non-hydrogen) atoms. The molecule has 170 valence electrons. The molecule has 2 aromatic rings. The van der Waals surface area contributed by atoms with Crippen LogP contribution in [-0.2, 0) is 4.79 Å². The van der Waals surface area contributed by atoms with Gasteiger partial charge in [-0.05, 0) is 24.3 Å². The highest BCUT2D eigenvalue weighted by molar-refractivity contribution is 6.33. The molecule has 0 atom stereocenters. The van der Waals surface area contributed by atoms with E-state index < -0.39 is 10.7 Å². The van der Waals surface area contributed by atoms with Gasteiger partial charge in [-0.25, -0.2) is 4.39 Å². The van der Waals surface area contributed by atoms with E-state index >= 15 is 0 Å². The number of ether oxygens (including phenoxy) is 1. The Morgan fingerprint density at radius 2 is 1.91 bits per heavy atom. The van der Waals surface area contributed by atoms with Crippen LogP contribution in [0.2, 0.25) is 5.02 Å². The van der Waals surface area contributed by atoms with Crippen molar-refractivity contribution in [3.8, 4) is 5.75 Å². The molecule has 11 heteroatoms. The quantitative estimate of drug-likeness (QED) is 0.498. The second kappa shape index (κ2) is 10.4. The minimum atomic E-state index is -0.547. The normalized spacial score (nSPS) is 14.2. The molecule has 0 aliphatic carbocycles. The Labute approximate surface area is 188 Å². The summed E-state index contributed by atoms with van der Waals surface area (Å²) in [5, 5.41) is 13.7. The average Bonchev–Trinajstić information content (AvgIpc) is 2.77. The van der Waals surface area contributed by atoms with E-state index in [4.69, 9.17) is 16.3 Å². The molecule has 1 saturated heterocycles. The van der Waals surface area contributed by atoms with Crippen molar-refractivity contribution in [2.75, 3.05) is 45.2 Å². The number of carbonyl (C=O) groups is 2. The van der Waals surface area contributed by atoms with Crippen LogP contribution >= 0.6 is 11.6 Å². The Bertz CT molecular complexity index is 1030. The number of nitro benzene ring substituents is 1. The van der Waals surface area contributed by atoms with Gasteiger partial charge in [0.1, 0.15) is 11.6 Å². The number of halogens is 2. The van der Waals surface area contributed by atoms with Gasteiger partial charge in [0.25, 0.3) is 11.6 Å². The largest absolute Gasteiger partial charge is 0.495 e. The molecule has 2 aromatic carbocycles. The van der Waals surface area contributed by atoms with Gasteiger partial charge < -0.3 is 15.0 Å². The number of amides is 2. The van der Waals surface area contributed by atoms with Gasteiger partial charge in [0.05, 0.1) is 28.3 Å². The molecule has 9 nitrogen and oxygen atoms in total. The van der Waals surface area contributed by atoms with Crippen molar-refractivity contribution in [2.45, 2.75) is 6.42 Å². The second-order valence-corrected chi connectivity index (χ2v) is 7.61. The number of nitrogens with one attached hydrogen (secondary N) is 1. The minimum absolute atomic E-state index is 0.0747. The first-order valence-electron chi connectivity index (χ1n) is 9.87. The summed E-state index contributed by atoms with van der Waals surface area (Å²) in [6, 6.07) is 7.66. The van der Waals surface area contributed by atoms with E-state index in [-0.39, 0.29) is 40.2 Å². The number of anilines is 1. The highest BCUT2D eigenvalue weighted by atomic mass is 35.5. The number of hydrogen-bond donors (Lipinski definition) is 1. The summed E-state index contributed by atoms with van der Waals surface area (Å²) in [5.74, 6) is -0.738. The molecule has 0 unspecified atom stereocenters. The third kappa shape index (κ3) is 5.71. The lowest BCUT2D eigenvalue weighted by Crippen LogP contribution is -2.49. The summed E-state index contributed by atoms with van der Waals surface area (Å²) in [6.45, 7) is 2.50. The molecule has 1 heterocycles. The number of piperazine rings is 1. The van der Waals surface area contributed by atoms with Crippen LogP contribution in [0.15, 0.2) is 36.4 Å². The topological polar surface area (TPSA) is 105 Å². The second-order valence-electron chi connectivity index (χ2n) is 7.20. The van der Waals surface area contributed by atoms with E-state index in [0.717, 1.165) is 6.07 Å². The number of nitro groups is 1. The zero-order valence-corrected chi connectivity index (χ0v) is 18.1. The molecule has 0 aromatic heterocycles. The summed E-state index contributed by atoms with van der Waals surface area (Å²) in [5.41, 5.74) is 0.341. The van der Waals surface area contributed by atoms with Crippen LogP contribution in [0.5, 0.6) is 5.75 Å². The van der Waals surface area contributed by atoms with Crippen molar-refractivity contribution in [1.82, 2.24) is 9.80 Å². The number of non-ortho nitro benzene ring substituents is 1. The Morgan fingerprint density at radius 3 is 2.53 bits per heavy atom. The Kier molecular flexibility index (Phi) is 7.60. The van der Waals surface area contributed by atoms with E-state index in [1.807, 2.05) is 4.90 Å². The SMILES string of the molecule is COc1ccc([N+](=O)[O-])cc1NC(=O)CCN1CCN(C(=O)c2ccc(F)cc2Cl)CC1. The first-order valence-corrected chi connectivity index (χ1v) is 10.2. The summed E-state index contributed by atoms with van der Waals surface area (Å²) in [4.78, 5) is 39.1. The fraction of sp³-hybridized carbons (Fsp3) is 0.333. The molecule has 3 rings (SSSR count). The number of carbonyl (C=O) groups excluding carboxylic acids is 2. The molecule has 1 fully saturated rings. The first-order chi connectivity index (χ1) is 15.3. The lowest BCUT2D eigenvalue weighted by Gasteiger charge is -2.34. The van der Waals surface area contributed by atoms with E-state index in [1.165, 1.54) is 37.4 Å². The summed E-state index contributed by atoms with van der Waals surface area (Å²) >= 11 is 5.98. The smallest absolute Gasteiger partial charge is 0.271 e. The first kappa shape index (κ1) is 23.4. The molecule has 0 radical (unpaired) electrons. The lowest BCUT2D eigenvalue weighted by molar-refractivity contribution is -0.384. The fourth-order valence-corrected chi connectivity index (χ4v) is 3.64. The molecule has 1 aliphatic rings. The number of benzene rings is 2. The van der Waals surface area contributed by atoms with Gasteiger partial charge in [-0.1, -0.05) is 11.6 Å². The minimum Gasteiger partial charge on any atom is -0.495 e.